The molecule has 1 aromatic heterocycles. The van der Waals surface area contributed by atoms with Crippen molar-refractivity contribution < 1.29 is 4.39 Å². The fraction of sp³-hybridized carbons (Fsp3) is 0.444. The third-order valence-corrected chi connectivity index (χ3v) is 3.73. The van der Waals surface area contributed by atoms with Crippen molar-refractivity contribution in [3.8, 4) is 5.69 Å². The van der Waals surface area contributed by atoms with Gasteiger partial charge in [-0.3, -0.25) is 4.99 Å². The lowest BCUT2D eigenvalue weighted by Gasteiger charge is -2.13. The Labute approximate surface area is 143 Å². The molecule has 1 heterocycles. The minimum atomic E-state index is -0.271. The predicted molar refractivity (Wildman–Crippen MR) is 95.8 cm³/mol. The molecular formula is C18H26FN5. The van der Waals surface area contributed by atoms with E-state index in [1.807, 2.05) is 6.07 Å². The Balaban J connectivity index is 1.86. The molecule has 0 aliphatic carbocycles. The Bertz CT molecular complexity index is 649. The zero-order valence-electron chi connectivity index (χ0n) is 14.6. The number of rotatable bonds is 7. The number of aromatic nitrogens is 2. The third kappa shape index (κ3) is 5.37. The molecule has 24 heavy (non-hydrogen) atoms. The number of aliphatic imine (C=N–C) groups is 1. The summed E-state index contributed by atoms with van der Waals surface area (Å²) in [4.78, 5) is 8.13. The Morgan fingerprint density at radius 1 is 1.33 bits per heavy atom. The normalized spacial score (nSPS) is 11.8. The van der Waals surface area contributed by atoms with Crippen LogP contribution in [0.1, 0.15) is 32.3 Å². The van der Waals surface area contributed by atoms with E-state index in [4.69, 9.17) is 0 Å². The van der Waals surface area contributed by atoms with Crippen molar-refractivity contribution in [3.63, 3.8) is 0 Å². The number of hydrogen-bond donors (Lipinski definition) is 2. The van der Waals surface area contributed by atoms with E-state index in [1.54, 1.807) is 36.4 Å². The minimum absolute atomic E-state index is 0.271. The van der Waals surface area contributed by atoms with E-state index in [0.717, 1.165) is 24.5 Å². The molecule has 0 spiro atoms. The number of nitrogens with zero attached hydrogens (tertiary/aromatic N) is 3. The third-order valence-electron chi connectivity index (χ3n) is 3.73. The molecule has 2 aromatic rings. The maximum atomic E-state index is 14.2. The van der Waals surface area contributed by atoms with Crippen LogP contribution in [-0.2, 0) is 6.54 Å². The van der Waals surface area contributed by atoms with Crippen molar-refractivity contribution in [1.82, 2.24) is 20.2 Å². The van der Waals surface area contributed by atoms with E-state index < -0.39 is 0 Å². The van der Waals surface area contributed by atoms with E-state index in [0.29, 0.717) is 18.2 Å². The van der Waals surface area contributed by atoms with Crippen LogP contribution in [0.15, 0.2) is 41.9 Å². The second-order valence-electron chi connectivity index (χ2n) is 6.14. The second-order valence-corrected chi connectivity index (χ2v) is 6.14. The molecule has 0 amide bonds. The van der Waals surface area contributed by atoms with Crippen molar-refractivity contribution in [1.29, 1.82) is 0 Å². The number of halogens is 1. The molecule has 0 saturated carbocycles. The van der Waals surface area contributed by atoms with Crippen molar-refractivity contribution in [3.05, 3.63) is 48.3 Å². The van der Waals surface area contributed by atoms with Gasteiger partial charge in [-0.1, -0.05) is 19.9 Å². The number of nitrogens with one attached hydrogen (secondary N) is 2. The van der Waals surface area contributed by atoms with Crippen molar-refractivity contribution >= 4 is 5.96 Å². The van der Waals surface area contributed by atoms with Gasteiger partial charge in [0, 0.05) is 32.5 Å². The summed E-state index contributed by atoms with van der Waals surface area (Å²) >= 11 is 0. The Hall–Kier alpha value is -2.37. The van der Waals surface area contributed by atoms with Gasteiger partial charge in [0.15, 0.2) is 5.96 Å². The fourth-order valence-corrected chi connectivity index (χ4v) is 2.39. The maximum Gasteiger partial charge on any atom is 0.191 e. The quantitative estimate of drug-likeness (QED) is 0.466. The summed E-state index contributed by atoms with van der Waals surface area (Å²) in [5, 5.41) is 6.48. The van der Waals surface area contributed by atoms with Gasteiger partial charge in [-0.05, 0) is 36.5 Å². The minimum Gasteiger partial charge on any atom is -0.356 e. The Morgan fingerprint density at radius 2 is 2.17 bits per heavy atom. The standard InChI is InChI=1S/C18H26FN5/c1-14(2)5-4-8-22-18(20-3)23-12-15-6-7-17(16(19)11-15)24-10-9-21-13-24/h6-7,9-11,13-14H,4-5,8,12H2,1-3H3,(H2,20,22,23). The van der Waals surface area contributed by atoms with Crippen LogP contribution < -0.4 is 10.6 Å². The van der Waals surface area contributed by atoms with Crippen LogP contribution in [0.5, 0.6) is 0 Å². The highest BCUT2D eigenvalue weighted by Gasteiger charge is 2.06. The van der Waals surface area contributed by atoms with Gasteiger partial charge in [0.1, 0.15) is 5.82 Å². The van der Waals surface area contributed by atoms with Crippen LogP contribution >= 0.6 is 0 Å². The first-order chi connectivity index (χ1) is 11.6. The highest BCUT2D eigenvalue weighted by Crippen LogP contribution is 2.14. The lowest BCUT2D eigenvalue weighted by molar-refractivity contribution is 0.549. The molecule has 0 bridgehead atoms. The fourth-order valence-electron chi connectivity index (χ4n) is 2.39. The Morgan fingerprint density at radius 3 is 2.79 bits per heavy atom. The van der Waals surface area contributed by atoms with E-state index in [9.17, 15) is 4.39 Å². The molecule has 1 aromatic carbocycles. The van der Waals surface area contributed by atoms with Crippen molar-refractivity contribution in [2.45, 2.75) is 33.2 Å². The molecule has 0 radical (unpaired) electrons. The average Bonchev–Trinajstić information content (AvgIpc) is 3.08. The number of imidazole rings is 1. The molecule has 0 fully saturated rings. The molecule has 130 valence electrons. The largest absolute Gasteiger partial charge is 0.356 e. The first-order valence-electron chi connectivity index (χ1n) is 8.31. The Kier molecular flexibility index (Phi) is 6.78. The van der Waals surface area contributed by atoms with Crippen LogP contribution in [0.2, 0.25) is 0 Å². The predicted octanol–water partition coefficient (Wildman–Crippen LogP) is 3.11. The van der Waals surface area contributed by atoms with Gasteiger partial charge in [0.05, 0.1) is 12.0 Å². The van der Waals surface area contributed by atoms with Crippen LogP contribution in [0.25, 0.3) is 5.69 Å². The van der Waals surface area contributed by atoms with E-state index in [2.05, 4.69) is 34.5 Å². The molecule has 0 aliphatic rings. The molecule has 0 atom stereocenters. The highest BCUT2D eigenvalue weighted by molar-refractivity contribution is 5.79. The molecule has 2 rings (SSSR count). The average molecular weight is 331 g/mol. The summed E-state index contributed by atoms with van der Waals surface area (Å²) in [6, 6.07) is 5.19. The highest BCUT2D eigenvalue weighted by atomic mass is 19.1. The van der Waals surface area contributed by atoms with E-state index in [1.165, 1.54) is 12.5 Å². The maximum absolute atomic E-state index is 14.2. The van der Waals surface area contributed by atoms with Crippen LogP contribution in [0.3, 0.4) is 0 Å². The molecule has 2 N–H and O–H groups in total. The van der Waals surface area contributed by atoms with Crippen molar-refractivity contribution in [2.75, 3.05) is 13.6 Å². The smallest absolute Gasteiger partial charge is 0.191 e. The topological polar surface area (TPSA) is 54.2 Å². The molecule has 0 saturated heterocycles. The van der Waals surface area contributed by atoms with Crippen LogP contribution in [-0.4, -0.2) is 29.1 Å². The lowest BCUT2D eigenvalue weighted by Crippen LogP contribution is -2.37. The van der Waals surface area contributed by atoms with Crippen LogP contribution in [0, 0.1) is 11.7 Å². The monoisotopic (exact) mass is 331 g/mol. The van der Waals surface area contributed by atoms with Gasteiger partial charge in [0.2, 0.25) is 0 Å². The first kappa shape index (κ1) is 18.0. The van der Waals surface area contributed by atoms with Gasteiger partial charge in [-0.2, -0.15) is 0 Å². The van der Waals surface area contributed by atoms with Crippen LogP contribution in [0.4, 0.5) is 4.39 Å². The van der Waals surface area contributed by atoms with Crippen molar-refractivity contribution in [2.24, 2.45) is 10.9 Å². The van der Waals surface area contributed by atoms with E-state index >= 15 is 0 Å². The van der Waals surface area contributed by atoms with Gasteiger partial charge >= 0.3 is 0 Å². The zero-order chi connectivity index (χ0) is 17.4. The first-order valence-corrected chi connectivity index (χ1v) is 8.31. The lowest BCUT2D eigenvalue weighted by atomic mass is 10.1. The number of guanidine groups is 1. The summed E-state index contributed by atoms with van der Waals surface area (Å²) < 4.78 is 15.9. The summed E-state index contributed by atoms with van der Waals surface area (Å²) in [6.07, 6.45) is 7.22. The summed E-state index contributed by atoms with van der Waals surface area (Å²) in [7, 11) is 1.74. The molecular weight excluding hydrogens is 305 g/mol. The summed E-state index contributed by atoms with van der Waals surface area (Å²) in [6.45, 7) is 5.83. The molecule has 0 aliphatic heterocycles. The number of hydrogen-bond acceptors (Lipinski definition) is 2. The van der Waals surface area contributed by atoms with Gasteiger partial charge in [0.25, 0.3) is 0 Å². The SMILES string of the molecule is CN=C(NCCCC(C)C)NCc1ccc(-n2ccnc2)c(F)c1. The van der Waals surface area contributed by atoms with Gasteiger partial charge in [-0.15, -0.1) is 0 Å². The number of benzene rings is 1. The summed E-state index contributed by atoms with van der Waals surface area (Å²) in [5.74, 6) is 1.17. The van der Waals surface area contributed by atoms with E-state index in [-0.39, 0.29) is 5.82 Å². The molecule has 5 nitrogen and oxygen atoms in total. The molecule has 6 heteroatoms. The van der Waals surface area contributed by atoms with Gasteiger partial charge < -0.3 is 15.2 Å². The zero-order valence-corrected chi connectivity index (χ0v) is 14.6. The van der Waals surface area contributed by atoms with Gasteiger partial charge in [-0.25, -0.2) is 9.37 Å². The summed E-state index contributed by atoms with van der Waals surface area (Å²) in [5.41, 5.74) is 1.36. The molecule has 0 unspecified atom stereocenters. The second kappa shape index (κ2) is 9.05.